The van der Waals surface area contributed by atoms with Gasteiger partial charge in [0.15, 0.2) is 0 Å². The average molecular weight is 217 g/mol. The molecule has 0 aliphatic rings. The second kappa shape index (κ2) is 5.89. The number of hydrogen-bond acceptors (Lipinski definition) is 0. The summed E-state index contributed by atoms with van der Waals surface area (Å²) in [6.45, 7) is 3.63. The molecule has 2 aromatic rings. The summed E-state index contributed by atoms with van der Waals surface area (Å²) < 4.78 is 0. The molecular weight excluding hydrogens is 204 g/mol. The summed E-state index contributed by atoms with van der Waals surface area (Å²) in [4.78, 5) is 0. The molecule has 2 rings (SSSR count). The summed E-state index contributed by atoms with van der Waals surface area (Å²) in [6, 6.07) is 20.4. The van der Waals surface area contributed by atoms with Gasteiger partial charge in [0.1, 0.15) is 0 Å². The van der Waals surface area contributed by atoms with E-state index in [0.717, 1.165) is 16.7 Å². The first kappa shape index (κ1) is 11.4. The van der Waals surface area contributed by atoms with E-state index >= 15 is 0 Å². The lowest BCUT2D eigenvalue weighted by Crippen LogP contribution is -1.85. The fourth-order valence-electron chi connectivity index (χ4n) is 1.64. The molecule has 0 saturated carbocycles. The fourth-order valence-corrected chi connectivity index (χ4v) is 1.64. The van der Waals surface area contributed by atoms with Crippen LogP contribution in [0.2, 0.25) is 0 Å². The first-order chi connectivity index (χ1) is 8.42. The van der Waals surface area contributed by atoms with Gasteiger partial charge < -0.3 is 0 Å². The second-order valence-corrected chi connectivity index (χ2v) is 3.58. The Bertz CT molecular complexity index is 473. The van der Waals surface area contributed by atoms with Crippen molar-refractivity contribution in [3.8, 4) is 0 Å². The zero-order valence-electron chi connectivity index (χ0n) is 9.56. The molecule has 3 radical (unpaired) electrons. The molecule has 0 spiro atoms. The third-order valence-electron chi connectivity index (χ3n) is 2.42. The van der Waals surface area contributed by atoms with Crippen molar-refractivity contribution in [2.45, 2.75) is 0 Å². The van der Waals surface area contributed by atoms with Crippen LogP contribution in [0, 0.1) is 19.4 Å². The van der Waals surface area contributed by atoms with Crippen molar-refractivity contribution >= 4 is 5.57 Å². The molecule has 0 amide bonds. The van der Waals surface area contributed by atoms with Crippen LogP contribution in [-0.2, 0) is 0 Å². The van der Waals surface area contributed by atoms with Crippen molar-refractivity contribution < 1.29 is 0 Å². The lowest BCUT2D eigenvalue weighted by molar-refractivity contribution is 1.55. The summed E-state index contributed by atoms with van der Waals surface area (Å²) in [5, 5.41) is 0. The Morgan fingerprint density at radius 2 is 1.29 bits per heavy atom. The van der Waals surface area contributed by atoms with Crippen LogP contribution in [-0.4, -0.2) is 0 Å². The molecule has 0 fully saturated rings. The van der Waals surface area contributed by atoms with E-state index in [1.165, 1.54) is 0 Å². The van der Waals surface area contributed by atoms with Gasteiger partial charge in [-0.3, -0.25) is 0 Å². The molecule has 0 saturated heterocycles. The van der Waals surface area contributed by atoms with E-state index in [9.17, 15) is 0 Å². The van der Waals surface area contributed by atoms with Gasteiger partial charge >= 0.3 is 0 Å². The first-order valence-corrected chi connectivity index (χ1v) is 5.52. The third kappa shape index (κ3) is 2.96. The predicted molar refractivity (Wildman–Crippen MR) is 71.8 cm³/mol. The minimum absolute atomic E-state index is 1.03. The molecule has 0 heteroatoms. The molecule has 17 heavy (non-hydrogen) atoms. The average Bonchev–Trinajstić information content (AvgIpc) is 2.42. The van der Waals surface area contributed by atoms with Gasteiger partial charge in [0.05, 0.1) is 0 Å². The van der Waals surface area contributed by atoms with Crippen molar-refractivity contribution in [2.24, 2.45) is 0 Å². The van der Waals surface area contributed by atoms with Gasteiger partial charge in [-0.05, 0) is 24.5 Å². The molecule has 0 heterocycles. The van der Waals surface area contributed by atoms with E-state index in [-0.39, 0.29) is 0 Å². The molecular formula is C17H13. The fraction of sp³-hybridized carbons (Fsp3) is 0. The molecule has 0 N–H and O–H groups in total. The lowest BCUT2D eigenvalue weighted by Gasteiger charge is -2.04. The Hall–Kier alpha value is -2.04. The van der Waals surface area contributed by atoms with E-state index in [1.807, 2.05) is 36.4 Å². The Morgan fingerprint density at radius 3 is 1.71 bits per heavy atom. The number of allylic oxidation sites excluding steroid dienone is 1. The summed E-state index contributed by atoms with van der Waals surface area (Å²) >= 11 is 0. The molecule has 0 nitrogen and oxygen atoms in total. The summed E-state index contributed by atoms with van der Waals surface area (Å²) in [7, 11) is 0. The van der Waals surface area contributed by atoms with Crippen molar-refractivity contribution in [2.75, 3.05) is 0 Å². The highest BCUT2D eigenvalue weighted by Gasteiger charge is 2.02. The number of hydrogen-bond donors (Lipinski definition) is 0. The van der Waals surface area contributed by atoms with Crippen LogP contribution < -0.4 is 0 Å². The van der Waals surface area contributed by atoms with E-state index in [2.05, 4.69) is 43.0 Å². The Balaban J connectivity index is 2.52. The third-order valence-corrected chi connectivity index (χ3v) is 2.42. The van der Waals surface area contributed by atoms with Crippen molar-refractivity contribution in [3.05, 3.63) is 96.9 Å². The maximum absolute atomic E-state index is 3.63. The highest BCUT2D eigenvalue weighted by atomic mass is 14.0. The minimum Gasteiger partial charge on any atom is -0.107 e. The molecule has 81 valence electrons. The van der Waals surface area contributed by atoms with Crippen molar-refractivity contribution in [1.29, 1.82) is 0 Å². The van der Waals surface area contributed by atoms with Crippen LogP contribution >= 0.6 is 0 Å². The van der Waals surface area contributed by atoms with Crippen LogP contribution in [0.25, 0.3) is 5.57 Å². The molecule has 0 atom stereocenters. The Kier molecular flexibility index (Phi) is 3.96. The van der Waals surface area contributed by atoms with Crippen molar-refractivity contribution in [1.82, 2.24) is 0 Å². The van der Waals surface area contributed by atoms with Gasteiger partial charge in [-0.15, -0.1) is 5.73 Å². The molecule has 0 aromatic heterocycles. The minimum atomic E-state index is 1.03. The normalized spacial score (nSPS) is 9.47. The van der Waals surface area contributed by atoms with Gasteiger partial charge in [-0.1, -0.05) is 60.7 Å². The van der Waals surface area contributed by atoms with Gasteiger partial charge in [-0.2, -0.15) is 0 Å². The maximum atomic E-state index is 3.63. The van der Waals surface area contributed by atoms with Gasteiger partial charge in [-0.25, -0.2) is 0 Å². The van der Waals surface area contributed by atoms with Crippen LogP contribution in [0.5, 0.6) is 0 Å². The highest BCUT2D eigenvalue weighted by molar-refractivity contribution is 5.79. The smallest absolute Gasteiger partial charge is 0.0312 e. The second-order valence-electron chi connectivity index (χ2n) is 3.58. The topological polar surface area (TPSA) is 0 Å². The number of rotatable bonds is 3. The largest absolute Gasteiger partial charge is 0.107 e. The highest BCUT2D eigenvalue weighted by Crippen LogP contribution is 2.21. The zero-order chi connectivity index (χ0) is 11.9. The molecule has 0 aliphatic carbocycles. The summed E-state index contributed by atoms with van der Waals surface area (Å²) in [5.41, 5.74) is 6.45. The number of benzene rings is 2. The van der Waals surface area contributed by atoms with E-state index in [0.29, 0.717) is 0 Å². The van der Waals surface area contributed by atoms with E-state index < -0.39 is 0 Å². The standard InChI is InChI=1S/C17H13/c1-2-3-14-17(15-10-6-4-7-11-15)16-12-8-5-9-13-16/h2,4-13H,1H2. The summed E-state index contributed by atoms with van der Waals surface area (Å²) in [5.74, 6) is 0. The van der Waals surface area contributed by atoms with Crippen LogP contribution in [0.1, 0.15) is 11.1 Å². The van der Waals surface area contributed by atoms with E-state index in [1.54, 1.807) is 6.42 Å². The van der Waals surface area contributed by atoms with Crippen molar-refractivity contribution in [3.63, 3.8) is 0 Å². The van der Waals surface area contributed by atoms with E-state index in [4.69, 9.17) is 0 Å². The van der Waals surface area contributed by atoms with Crippen LogP contribution in [0.15, 0.2) is 66.4 Å². The molecule has 0 unspecified atom stereocenters. The zero-order valence-corrected chi connectivity index (χ0v) is 9.56. The maximum Gasteiger partial charge on any atom is 0.0312 e. The SMILES string of the molecule is [CH2][CH][C]=C=C(c1ccccc1)c1ccccc1. The van der Waals surface area contributed by atoms with Gasteiger partial charge in [0.2, 0.25) is 0 Å². The van der Waals surface area contributed by atoms with Gasteiger partial charge in [0, 0.05) is 11.6 Å². The molecule has 0 aliphatic heterocycles. The quantitative estimate of drug-likeness (QED) is 0.678. The Morgan fingerprint density at radius 1 is 0.824 bits per heavy atom. The van der Waals surface area contributed by atoms with Crippen LogP contribution in [0.3, 0.4) is 0 Å². The lowest BCUT2D eigenvalue weighted by atomic mass is 9.99. The molecule has 0 bridgehead atoms. The van der Waals surface area contributed by atoms with Gasteiger partial charge in [0.25, 0.3) is 0 Å². The Labute approximate surface area is 103 Å². The van der Waals surface area contributed by atoms with Crippen LogP contribution in [0.4, 0.5) is 0 Å². The molecule has 2 aromatic carbocycles. The monoisotopic (exact) mass is 217 g/mol. The predicted octanol–water partition coefficient (Wildman–Crippen LogP) is 4.11. The summed E-state index contributed by atoms with van der Waals surface area (Å²) in [6.07, 6.45) is 4.54. The first-order valence-electron chi connectivity index (χ1n) is 5.52.